The number of methoxy groups -OCH3 is 1. The second-order valence-corrected chi connectivity index (χ2v) is 10.5. The van der Waals surface area contributed by atoms with Crippen LogP contribution in [0.5, 0.6) is 5.75 Å². The SMILES string of the molecule is CO[C@@H]1[C@@H](O)[C@@H](O)[C@H](Oc2ccc(C3CC=CCC3NC(C)=O)c(-c3cccc(C(F)(F)F)c3)c2)OC1(C)C. The maximum absolute atomic E-state index is 13.6. The fraction of sp³-hybridized carbons (Fsp3) is 0.483. The number of aliphatic hydroxyl groups excluding tert-OH is 2. The van der Waals surface area contributed by atoms with E-state index in [1.807, 2.05) is 12.2 Å². The third kappa shape index (κ3) is 6.30. The Kier molecular flexibility index (Phi) is 8.41. The number of allylic oxidation sites excluding steroid dienone is 1. The molecule has 1 heterocycles. The van der Waals surface area contributed by atoms with Crippen molar-refractivity contribution in [1.29, 1.82) is 0 Å². The number of carbonyl (C=O) groups excluding carboxylic acids is 1. The van der Waals surface area contributed by atoms with Gasteiger partial charge in [0.2, 0.25) is 12.2 Å². The zero-order valence-electron chi connectivity index (χ0n) is 22.2. The summed E-state index contributed by atoms with van der Waals surface area (Å²) in [5, 5.41) is 24.2. The number of aliphatic hydroxyl groups is 2. The number of nitrogens with one attached hydrogen (secondary N) is 1. The van der Waals surface area contributed by atoms with E-state index in [0.717, 1.165) is 17.7 Å². The van der Waals surface area contributed by atoms with E-state index >= 15 is 0 Å². The molecule has 6 atom stereocenters. The summed E-state index contributed by atoms with van der Waals surface area (Å²) in [6.07, 6.45) is -4.19. The van der Waals surface area contributed by atoms with Gasteiger partial charge in [-0.25, -0.2) is 0 Å². The molecule has 2 unspecified atom stereocenters. The molecular weight excluding hydrogens is 515 g/mol. The first-order valence-electron chi connectivity index (χ1n) is 12.8. The van der Waals surface area contributed by atoms with Gasteiger partial charge in [0, 0.05) is 26.0 Å². The summed E-state index contributed by atoms with van der Waals surface area (Å²) >= 11 is 0. The van der Waals surface area contributed by atoms with Gasteiger partial charge in [0.25, 0.3) is 0 Å². The van der Waals surface area contributed by atoms with Crippen LogP contribution in [0.25, 0.3) is 11.1 Å². The lowest BCUT2D eigenvalue weighted by Gasteiger charge is -2.46. The standard InChI is InChI=1S/C29H34F3NO6/c1-16(34)33-23-11-6-5-10-21(23)20-13-12-19(15-22(20)17-8-7-9-18(14-17)29(30,31)32)38-27-25(36)24(35)26(37-4)28(2,3)39-27/h5-9,12-15,21,23-27,35-36H,10-11H2,1-4H3,(H,33,34)/t21?,23?,24-,25+,26+,27+/m0/s1. The molecular formula is C29H34F3NO6. The number of alkyl halides is 3. The molecule has 10 heteroatoms. The van der Waals surface area contributed by atoms with E-state index in [-0.39, 0.29) is 23.6 Å². The summed E-state index contributed by atoms with van der Waals surface area (Å²) in [6.45, 7) is 4.82. The van der Waals surface area contributed by atoms with Gasteiger partial charge in [0.15, 0.2) is 0 Å². The summed E-state index contributed by atoms with van der Waals surface area (Å²) in [5.41, 5.74) is -0.224. The monoisotopic (exact) mass is 549 g/mol. The van der Waals surface area contributed by atoms with Crippen LogP contribution in [0.4, 0.5) is 13.2 Å². The number of amides is 1. The van der Waals surface area contributed by atoms with Crippen LogP contribution in [0.1, 0.15) is 50.7 Å². The lowest BCUT2D eigenvalue weighted by molar-refractivity contribution is -0.305. The van der Waals surface area contributed by atoms with E-state index in [4.69, 9.17) is 14.2 Å². The lowest BCUT2D eigenvalue weighted by atomic mass is 9.80. The molecule has 4 rings (SSSR count). The Morgan fingerprint density at radius 2 is 1.79 bits per heavy atom. The van der Waals surface area contributed by atoms with Crippen molar-refractivity contribution >= 4 is 5.91 Å². The van der Waals surface area contributed by atoms with Gasteiger partial charge < -0.3 is 29.7 Å². The molecule has 1 aliphatic carbocycles. The molecule has 1 aliphatic heterocycles. The molecule has 0 spiro atoms. The first-order valence-corrected chi connectivity index (χ1v) is 12.8. The van der Waals surface area contributed by atoms with E-state index in [9.17, 15) is 28.2 Å². The molecule has 1 fully saturated rings. The maximum atomic E-state index is 13.6. The Labute approximate surface area is 225 Å². The molecule has 0 radical (unpaired) electrons. The van der Waals surface area contributed by atoms with Gasteiger partial charge in [-0.15, -0.1) is 0 Å². The normalized spacial score (nSPS) is 28.6. The van der Waals surface area contributed by atoms with Crippen molar-refractivity contribution in [2.75, 3.05) is 7.11 Å². The molecule has 2 aromatic carbocycles. The van der Waals surface area contributed by atoms with Gasteiger partial charge in [-0.05, 0) is 67.6 Å². The van der Waals surface area contributed by atoms with Crippen LogP contribution in [0, 0.1) is 0 Å². The van der Waals surface area contributed by atoms with Crippen LogP contribution >= 0.6 is 0 Å². The van der Waals surface area contributed by atoms with Crippen LogP contribution in [0.2, 0.25) is 0 Å². The lowest BCUT2D eigenvalue weighted by Crippen LogP contribution is -2.63. The fourth-order valence-electron chi connectivity index (χ4n) is 5.46. The smallest absolute Gasteiger partial charge is 0.416 e. The van der Waals surface area contributed by atoms with E-state index in [0.29, 0.717) is 24.0 Å². The van der Waals surface area contributed by atoms with E-state index in [2.05, 4.69) is 5.32 Å². The number of hydrogen-bond donors (Lipinski definition) is 3. The third-order valence-corrected chi connectivity index (χ3v) is 7.30. The highest BCUT2D eigenvalue weighted by Gasteiger charge is 2.50. The summed E-state index contributed by atoms with van der Waals surface area (Å²) < 4.78 is 57.9. The number of carbonyl (C=O) groups is 1. The minimum Gasteiger partial charge on any atom is -0.462 e. The highest BCUT2D eigenvalue weighted by atomic mass is 19.4. The van der Waals surface area contributed by atoms with Crippen LogP contribution in [0.3, 0.4) is 0 Å². The van der Waals surface area contributed by atoms with E-state index in [1.165, 1.54) is 20.1 Å². The minimum atomic E-state index is -4.53. The number of hydrogen-bond acceptors (Lipinski definition) is 6. The Bertz CT molecular complexity index is 1210. The van der Waals surface area contributed by atoms with Crippen molar-refractivity contribution in [3.8, 4) is 16.9 Å². The molecule has 212 valence electrons. The van der Waals surface area contributed by atoms with Gasteiger partial charge in [-0.3, -0.25) is 4.79 Å². The molecule has 0 bridgehead atoms. The van der Waals surface area contributed by atoms with Crippen molar-refractivity contribution in [3.63, 3.8) is 0 Å². The average molecular weight is 550 g/mol. The highest BCUT2D eigenvalue weighted by Crippen LogP contribution is 2.41. The zero-order chi connectivity index (χ0) is 28.5. The predicted molar refractivity (Wildman–Crippen MR) is 138 cm³/mol. The van der Waals surface area contributed by atoms with Gasteiger partial charge in [0.05, 0.1) is 11.2 Å². The fourth-order valence-corrected chi connectivity index (χ4v) is 5.46. The number of ether oxygens (including phenoxy) is 3. The second-order valence-electron chi connectivity index (χ2n) is 10.5. The Morgan fingerprint density at radius 1 is 1.08 bits per heavy atom. The first-order chi connectivity index (χ1) is 18.3. The van der Waals surface area contributed by atoms with Gasteiger partial charge in [0.1, 0.15) is 24.1 Å². The number of rotatable bonds is 6. The first kappa shape index (κ1) is 29.1. The van der Waals surface area contributed by atoms with Crippen molar-refractivity contribution in [3.05, 3.63) is 65.7 Å². The topological polar surface area (TPSA) is 97.3 Å². The molecule has 2 aliphatic rings. The van der Waals surface area contributed by atoms with Crippen LogP contribution in [-0.2, 0) is 20.4 Å². The van der Waals surface area contributed by atoms with Crippen molar-refractivity contribution < 1.29 is 42.4 Å². The Balaban J connectivity index is 1.76. The Hall–Kier alpha value is -2.92. The third-order valence-electron chi connectivity index (χ3n) is 7.30. The maximum Gasteiger partial charge on any atom is 0.416 e. The predicted octanol–water partition coefficient (Wildman–Crippen LogP) is 4.56. The van der Waals surface area contributed by atoms with Crippen LogP contribution in [-0.4, -0.2) is 59.5 Å². The van der Waals surface area contributed by atoms with Crippen molar-refractivity contribution in [2.45, 2.75) is 82.0 Å². The van der Waals surface area contributed by atoms with E-state index in [1.54, 1.807) is 38.1 Å². The van der Waals surface area contributed by atoms with Crippen molar-refractivity contribution in [2.24, 2.45) is 0 Å². The molecule has 2 aromatic rings. The summed E-state index contributed by atoms with van der Waals surface area (Å²) in [4.78, 5) is 11.9. The zero-order valence-corrected chi connectivity index (χ0v) is 22.2. The van der Waals surface area contributed by atoms with Gasteiger partial charge in [-0.2, -0.15) is 13.2 Å². The second kappa shape index (κ2) is 11.3. The Morgan fingerprint density at radius 3 is 2.46 bits per heavy atom. The van der Waals surface area contributed by atoms with Crippen LogP contribution in [0.15, 0.2) is 54.6 Å². The molecule has 1 saturated heterocycles. The van der Waals surface area contributed by atoms with Gasteiger partial charge >= 0.3 is 6.18 Å². The molecule has 39 heavy (non-hydrogen) atoms. The van der Waals surface area contributed by atoms with E-state index < -0.39 is 41.9 Å². The molecule has 3 N–H and O–H groups in total. The molecule has 0 aromatic heterocycles. The van der Waals surface area contributed by atoms with Crippen molar-refractivity contribution in [1.82, 2.24) is 5.32 Å². The van der Waals surface area contributed by atoms with Gasteiger partial charge in [-0.1, -0.05) is 30.4 Å². The number of halogens is 3. The van der Waals surface area contributed by atoms with Crippen LogP contribution < -0.4 is 10.1 Å². The molecule has 7 nitrogen and oxygen atoms in total. The highest BCUT2D eigenvalue weighted by molar-refractivity contribution is 5.74. The quantitative estimate of drug-likeness (QED) is 0.457. The molecule has 1 amide bonds. The molecule has 0 saturated carbocycles. The number of benzene rings is 2. The summed E-state index contributed by atoms with van der Waals surface area (Å²) in [6, 6.07) is 9.79. The largest absolute Gasteiger partial charge is 0.462 e. The summed E-state index contributed by atoms with van der Waals surface area (Å²) in [5.74, 6) is -0.159. The average Bonchev–Trinajstić information content (AvgIpc) is 2.87. The minimum absolute atomic E-state index is 0.195. The summed E-state index contributed by atoms with van der Waals surface area (Å²) in [7, 11) is 1.40.